The molecule has 1 aromatic carbocycles. The fourth-order valence-electron chi connectivity index (χ4n) is 1.32. The van der Waals surface area contributed by atoms with Gasteiger partial charge in [0.15, 0.2) is 0 Å². The first kappa shape index (κ1) is 11.1. The highest BCUT2D eigenvalue weighted by atomic mass is 16.5. The van der Waals surface area contributed by atoms with E-state index >= 15 is 0 Å². The van der Waals surface area contributed by atoms with Gasteiger partial charge in [0.25, 0.3) is 0 Å². The van der Waals surface area contributed by atoms with E-state index in [1.807, 2.05) is 6.07 Å². The molecule has 0 unspecified atom stereocenters. The quantitative estimate of drug-likeness (QED) is 0.598. The summed E-state index contributed by atoms with van der Waals surface area (Å²) in [7, 11) is 1.33. The molecule has 0 aliphatic rings. The van der Waals surface area contributed by atoms with Gasteiger partial charge in [-0.15, -0.1) is 0 Å². The Kier molecular flexibility index (Phi) is 3.69. The first-order valence-electron chi connectivity index (χ1n) is 4.52. The van der Waals surface area contributed by atoms with Crippen molar-refractivity contribution in [2.45, 2.75) is 12.8 Å². The lowest BCUT2D eigenvalue weighted by Gasteiger charge is -2.06. The van der Waals surface area contributed by atoms with Gasteiger partial charge in [0.2, 0.25) is 0 Å². The average Bonchev–Trinajstić information content (AvgIpc) is 2.25. The fraction of sp³-hybridized carbons (Fsp3) is 0.273. The van der Waals surface area contributed by atoms with Crippen molar-refractivity contribution < 1.29 is 9.53 Å². The number of rotatable bonds is 3. The molecule has 0 aliphatic heterocycles. The summed E-state index contributed by atoms with van der Waals surface area (Å²) in [6, 6.07) is 6.98. The Labute approximate surface area is 88.3 Å². The molecule has 0 radical (unpaired) electrons. The van der Waals surface area contributed by atoms with Gasteiger partial charge in [-0.2, -0.15) is 5.26 Å². The summed E-state index contributed by atoms with van der Waals surface area (Å²) >= 11 is 0. The molecular formula is C11H12N2O2. The van der Waals surface area contributed by atoms with Crippen molar-refractivity contribution in [1.29, 1.82) is 5.26 Å². The summed E-state index contributed by atoms with van der Waals surface area (Å²) in [6.07, 6.45) is 0.861. The van der Waals surface area contributed by atoms with E-state index in [9.17, 15) is 4.79 Å². The van der Waals surface area contributed by atoms with Crippen molar-refractivity contribution in [3.8, 4) is 6.07 Å². The first-order chi connectivity index (χ1) is 7.19. The van der Waals surface area contributed by atoms with Crippen LogP contribution in [0.3, 0.4) is 0 Å². The minimum Gasteiger partial charge on any atom is -0.465 e. The molecular weight excluding hydrogens is 192 g/mol. The molecule has 0 saturated carbocycles. The maximum atomic E-state index is 11.4. The SMILES string of the molecule is COC(=O)c1ccc(N)cc1CCC#N. The number of ether oxygens (including phenoxy) is 1. The number of nitrogens with two attached hydrogens (primary N) is 1. The van der Waals surface area contributed by atoms with Crippen LogP contribution >= 0.6 is 0 Å². The number of nitriles is 1. The van der Waals surface area contributed by atoms with Crippen molar-refractivity contribution in [1.82, 2.24) is 0 Å². The van der Waals surface area contributed by atoms with Crippen LogP contribution in [0.5, 0.6) is 0 Å². The maximum Gasteiger partial charge on any atom is 0.338 e. The molecule has 4 heteroatoms. The van der Waals surface area contributed by atoms with Crippen LogP contribution in [0.25, 0.3) is 0 Å². The van der Waals surface area contributed by atoms with E-state index in [1.165, 1.54) is 7.11 Å². The highest BCUT2D eigenvalue weighted by molar-refractivity contribution is 5.91. The number of anilines is 1. The summed E-state index contributed by atoms with van der Waals surface area (Å²) in [5.74, 6) is -0.400. The average molecular weight is 204 g/mol. The Morgan fingerprint density at radius 1 is 1.60 bits per heavy atom. The summed E-state index contributed by atoms with van der Waals surface area (Å²) in [4.78, 5) is 11.4. The van der Waals surface area contributed by atoms with Crippen molar-refractivity contribution in [3.05, 3.63) is 29.3 Å². The van der Waals surface area contributed by atoms with Gasteiger partial charge in [0, 0.05) is 12.1 Å². The Bertz CT molecular complexity index is 408. The summed E-state index contributed by atoms with van der Waals surface area (Å²) in [6.45, 7) is 0. The Hall–Kier alpha value is -2.02. The molecule has 1 aromatic rings. The summed E-state index contributed by atoms with van der Waals surface area (Å²) in [5.41, 5.74) is 7.41. The largest absolute Gasteiger partial charge is 0.465 e. The Morgan fingerprint density at radius 3 is 2.93 bits per heavy atom. The van der Waals surface area contributed by atoms with Crippen LogP contribution in [-0.2, 0) is 11.2 Å². The molecule has 0 bridgehead atoms. The standard InChI is InChI=1S/C11H12N2O2/c1-15-11(14)10-5-4-9(13)7-8(10)3-2-6-12/h4-5,7H,2-3,13H2,1H3. The summed E-state index contributed by atoms with van der Waals surface area (Å²) < 4.78 is 4.63. The van der Waals surface area contributed by atoms with E-state index < -0.39 is 5.97 Å². The lowest BCUT2D eigenvalue weighted by Crippen LogP contribution is -2.06. The topological polar surface area (TPSA) is 76.1 Å². The number of hydrogen-bond donors (Lipinski definition) is 1. The van der Waals surface area contributed by atoms with Gasteiger partial charge in [0.1, 0.15) is 0 Å². The van der Waals surface area contributed by atoms with Gasteiger partial charge < -0.3 is 10.5 Å². The highest BCUT2D eigenvalue weighted by Gasteiger charge is 2.11. The summed E-state index contributed by atoms with van der Waals surface area (Å²) in [5, 5.41) is 8.49. The maximum absolute atomic E-state index is 11.4. The van der Waals surface area contributed by atoms with Crippen molar-refractivity contribution >= 4 is 11.7 Å². The van der Waals surface area contributed by atoms with Crippen LogP contribution in [0.4, 0.5) is 5.69 Å². The lowest BCUT2D eigenvalue weighted by atomic mass is 10.0. The number of carbonyl (C=O) groups excluding carboxylic acids is 1. The molecule has 0 saturated heterocycles. The first-order valence-corrected chi connectivity index (χ1v) is 4.52. The highest BCUT2D eigenvalue weighted by Crippen LogP contribution is 2.16. The number of nitrogens with zero attached hydrogens (tertiary/aromatic N) is 1. The third-order valence-corrected chi connectivity index (χ3v) is 2.04. The normalized spacial score (nSPS) is 9.33. The zero-order chi connectivity index (χ0) is 11.3. The molecule has 0 heterocycles. The third-order valence-electron chi connectivity index (χ3n) is 2.04. The van der Waals surface area contributed by atoms with Gasteiger partial charge in [-0.05, 0) is 30.2 Å². The number of esters is 1. The monoisotopic (exact) mass is 204 g/mol. The minimum absolute atomic E-state index is 0.355. The van der Waals surface area contributed by atoms with Crippen LogP contribution in [0, 0.1) is 11.3 Å². The Balaban J connectivity index is 3.04. The van der Waals surface area contributed by atoms with Crippen molar-refractivity contribution in [3.63, 3.8) is 0 Å². The van der Waals surface area contributed by atoms with Gasteiger partial charge in [-0.25, -0.2) is 4.79 Å². The number of methoxy groups -OCH3 is 1. The molecule has 0 amide bonds. The van der Waals surface area contributed by atoms with Crippen molar-refractivity contribution in [2.24, 2.45) is 0 Å². The van der Waals surface area contributed by atoms with Crippen LogP contribution in [0.15, 0.2) is 18.2 Å². The predicted octanol–water partition coefficient (Wildman–Crippen LogP) is 1.51. The number of hydrogen-bond acceptors (Lipinski definition) is 4. The van der Waals surface area contributed by atoms with E-state index in [4.69, 9.17) is 11.0 Å². The molecule has 1 rings (SSSR count). The molecule has 78 valence electrons. The molecule has 0 atom stereocenters. The smallest absolute Gasteiger partial charge is 0.338 e. The Morgan fingerprint density at radius 2 is 2.33 bits per heavy atom. The molecule has 0 aliphatic carbocycles. The molecule has 0 spiro atoms. The van der Waals surface area contributed by atoms with Gasteiger partial charge in [-0.1, -0.05) is 0 Å². The lowest BCUT2D eigenvalue weighted by molar-refractivity contribution is 0.0599. The van der Waals surface area contributed by atoms with Gasteiger partial charge in [-0.3, -0.25) is 0 Å². The predicted molar refractivity (Wildman–Crippen MR) is 56.1 cm³/mol. The molecule has 4 nitrogen and oxygen atoms in total. The number of benzene rings is 1. The second kappa shape index (κ2) is 5.01. The van der Waals surface area contributed by atoms with Gasteiger partial charge >= 0.3 is 5.97 Å². The van der Waals surface area contributed by atoms with Crippen LogP contribution < -0.4 is 5.73 Å². The zero-order valence-corrected chi connectivity index (χ0v) is 8.49. The van der Waals surface area contributed by atoms with Gasteiger partial charge in [0.05, 0.1) is 18.7 Å². The van der Waals surface area contributed by atoms with E-state index in [0.717, 1.165) is 5.56 Å². The second-order valence-corrected chi connectivity index (χ2v) is 3.07. The van der Waals surface area contributed by atoms with E-state index in [0.29, 0.717) is 24.1 Å². The van der Waals surface area contributed by atoms with E-state index in [-0.39, 0.29) is 0 Å². The van der Waals surface area contributed by atoms with Crippen LogP contribution in [0.2, 0.25) is 0 Å². The second-order valence-electron chi connectivity index (χ2n) is 3.07. The van der Waals surface area contributed by atoms with Crippen molar-refractivity contribution in [2.75, 3.05) is 12.8 Å². The molecule has 2 N–H and O–H groups in total. The number of carbonyl (C=O) groups is 1. The third kappa shape index (κ3) is 2.71. The number of aryl methyl sites for hydroxylation is 1. The minimum atomic E-state index is -0.400. The zero-order valence-electron chi connectivity index (χ0n) is 8.49. The molecule has 0 aromatic heterocycles. The van der Waals surface area contributed by atoms with Crippen LogP contribution in [0.1, 0.15) is 22.3 Å². The fourth-order valence-corrected chi connectivity index (χ4v) is 1.32. The van der Waals surface area contributed by atoms with E-state index in [1.54, 1.807) is 18.2 Å². The van der Waals surface area contributed by atoms with E-state index in [2.05, 4.69) is 4.74 Å². The molecule has 0 fully saturated rings. The van der Waals surface area contributed by atoms with Crippen LogP contribution in [-0.4, -0.2) is 13.1 Å². The number of nitrogen functional groups attached to an aromatic ring is 1. The molecule has 15 heavy (non-hydrogen) atoms.